The van der Waals surface area contributed by atoms with Gasteiger partial charge in [0.25, 0.3) is 10.1 Å². The highest BCUT2D eigenvalue weighted by Crippen LogP contribution is 1.74. The SMILES string of the molecule is CC(C)=O.NCCS(=O)(=O)O.O=CC=O. The van der Waals surface area contributed by atoms with Gasteiger partial charge in [0.2, 0.25) is 0 Å². The topological polar surface area (TPSA) is 132 Å². The number of hydrogen-bond acceptors (Lipinski definition) is 6. The maximum Gasteiger partial charge on any atom is 0.266 e. The Bertz CT molecular complexity index is 261. The Morgan fingerprint density at radius 1 is 1.27 bits per heavy atom. The van der Waals surface area contributed by atoms with Gasteiger partial charge in [0.05, 0.1) is 5.75 Å². The molecule has 0 bridgehead atoms. The van der Waals surface area contributed by atoms with E-state index in [9.17, 15) is 13.2 Å². The number of Topliss-reactive ketones (excluding diaryl/α,β-unsaturated/α-hetero) is 1. The number of carbonyl (C=O) groups excluding carboxylic acids is 3. The van der Waals surface area contributed by atoms with Crippen LogP contribution in [0.2, 0.25) is 0 Å². The lowest BCUT2D eigenvalue weighted by molar-refractivity contribution is -0.122. The maximum absolute atomic E-state index is 9.71. The molecule has 15 heavy (non-hydrogen) atoms. The Morgan fingerprint density at radius 3 is 1.53 bits per heavy atom. The molecule has 0 aromatic heterocycles. The number of carbonyl (C=O) groups is 3. The van der Waals surface area contributed by atoms with E-state index in [0.29, 0.717) is 0 Å². The Hall–Kier alpha value is -1.12. The van der Waals surface area contributed by atoms with Gasteiger partial charge in [-0.1, -0.05) is 0 Å². The first-order valence-electron chi connectivity index (χ1n) is 3.72. The lowest BCUT2D eigenvalue weighted by Crippen LogP contribution is -2.13. The second kappa shape index (κ2) is 12.9. The minimum atomic E-state index is -3.80. The minimum Gasteiger partial charge on any atom is -0.329 e. The highest BCUT2D eigenvalue weighted by molar-refractivity contribution is 7.85. The van der Waals surface area contributed by atoms with Crippen molar-refractivity contribution in [2.24, 2.45) is 5.73 Å². The van der Waals surface area contributed by atoms with E-state index in [2.05, 4.69) is 0 Å². The molecule has 0 saturated heterocycles. The van der Waals surface area contributed by atoms with Crippen LogP contribution in [0.4, 0.5) is 0 Å². The van der Waals surface area contributed by atoms with Gasteiger partial charge in [-0.15, -0.1) is 0 Å². The largest absolute Gasteiger partial charge is 0.329 e. The molecule has 8 heteroatoms. The van der Waals surface area contributed by atoms with Gasteiger partial charge in [-0.2, -0.15) is 8.42 Å². The molecule has 0 aliphatic heterocycles. The standard InChI is InChI=1S/C3H6O.C2H7NO3S.C2H2O2/c1-3(2)4;3-1-2-7(4,5)6;3-1-2-4/h1-2H3;1-3H2,(H,4,5,6);1-2H. The first-order valence-corrected chi connectivity index (χ1v) is 5.33. The number of aldehydes is 2. The maximum atomic E-state index is 9.71. The molecule has 3 N–H and O–H groups in total. The van der Waals surface area contributed by atoms with Gasteiger partial charge in [-0.05, 0) is 13.8 Å². The van der Waals surface area contributed by atoms with E-state index in [1.807, 2.05) is 0 Å². The molecule has 0 spiro atoms. The van der Waals surface area contributed by atoms with Crippen LogP contribution in [0.1, 0.15) is 13.8 Å². The zero-order chi connectivity index (χ0) is 12.9. The third-order valence-electron chi connectivity index (χ3n) is 0.431. The molecule has 0 aliphatic rings. The Kier molecular flexibility index (Phi) is 16.7. The van der Waals surface area contributed by atoms with Crippen LogP contribution in [0.15, 0.2) is 0 Å². The summed E-state index contributed by atoms with van der Waals surface area (Å²) >= 11 is 0. The Balaban J connectivity index is -0.000000155. The first-order chi connectivity index (χ1) is 6.71. The van der Waals surface area contributed by atoms with E-state index in [1.54, 1.807) is 0 Å². The van der Waals surface area contributed by atoms with Crippen molar-refractivity contribution >= 4 is 28.5 Å². The monoisotopic (exact) mass is 241 g/mol. The zero-order valence-corrected chi connectivity index (χ0v) is 9.36. The molecule has 0 aromatic carbocycles. The molecule has 0 atom stereocenters. The number of hydrogen-bond donors (Lipinski definition) is 2. The molecule has 0 aromatic rings. The molecule has 0 amide bonds. The van der Waals surface area contributed by atoms with Gasteiger partial charge in [0.15, 0.2) is 12.6 Å². The fourth-order valence-corrected chi connectivity index (χ4v) is 0.447. The molecule has 90 valence electrons. The molecule has 0 radical (unpaired) electrons. The Morgan fingerprint density at radius 2 is 1.53 bits per heavy atom. The van der Waals surface area contributed by atoms with E-state index in [0.717, 1.165) is 0 Å². The van der Waals surface area contributed by atoms with Gasteiger partial charge in [0.1, 0.15) is 5.78 Å². The van der Waals surface area contributed by atoms with E-state index < -0.39 is 10.1 Å². The molecule has 0 fully saturated rings. The lowest BCUT2D eigenvalue weighted by Gasteiger charge is -1.86. The molecule has 0 heterocycles. The van der Waals surface area contributed by atoms with Crippen molar-refractivity contribution in [1.82, 2.24) is 0 Å². The van der Waals surface area contributed by atoms with Crippen LogP contribution >= 0.6 is 0 Å². The van der Waals surface area contributed by atoms with Gasteiger partial charge < -0.3 is 10.5 Å². The summed E-state index contributed by atoms with van der Waals surface area (Å²) in [5, 5.41) is 0. The van der Waals surface area contributed by atoms with Crippen LogP contribution in [-0.4, -0.2) is 43.6 Å². The summed E-state index contributed by atoms with van der Waals surface area (Å²) in [4.78, 5) is 27.1. The summed E-state index contributed by atoms with van der Waals surface area (Å²) in [6.07, 6.45) is 0.389. The van der Waals surface area contributed by atoms with Crippen LogP contribution in [0, 0.1) is 0 Å². The zero-order valence-electron chi connectivity index (χ0n) is 8.54. The Labute approximate surface area is 88.4 Å². The van der Waals surface area contributed by atoms with Crippen LogP contribution in [0.3, 0.4) is 0 Å². The molecular weight excluding hydrogens is 226 g/mol. The summed E-state index contributed by atoms with van der Waals surface area (Å²) < 4.78 is 27.3. The van der Waals surface area contributed by atoms with Crippen molar-refractivity contribution in [2.45, 2.75) is 13.8 Å². The third kappa shape index (κ3) is 101. The van der Waals surface area contributed by atoms with Crippen molar-refractivity contribution in [3.8, 4) is 0 Å². The van der Waals surface area contributed by atoms with Gasteiger partial charge in [-0.3, -0.25) is 14.1 Å². The molecule has 0 saturated carbocycles. The summed E-state index contributed by atoms with van der Waals surface area (Å²) in [6, 6.07) is 0. The summed E-state index contributed by atoms with van der Waals surface area (Å²) in [5.74, 6) is -0.188. The summed E-state index contributed by atoms with van der Waals surface area (Å²) in [6.45, 7) is 3.03. The molecular formula is C7H15NO6S. The quantitative estimate of drug-likeness (QED) is 0.361. The predicted octanol–water partition coefficient (Wildman–Crippen LogP) is -1.19. The van der Waals surface area contributed by atoms with E-state index in [-0.39, 0.29) is 30.7 Å². The van der Waals surface area contributed by atoms with Gasteiger partial charge >= 0.3 is 0 Å². The number of rotatable bonds is 3. The minimum absolute atomic E-state index is 0.0289. The smallest absolute Gasteiger partial charge is 0.266 e. The van der Waals surface area contributed by atoms with E-state index in [1.165, 1.54) is 13.8 Å². The van der Waals surface area contributed by atoms with Crippen LogP contribution in [0.25, 0.3) is 0 Å². The third-order valence-corrected chi connectivity index (χ3v) is 1.18. The number of ketones is 1. The highest BCUT2D eigenvalue weighted by atomic mass is 32.2. The van der Waals surface area contributed by atoms with Crippen LogP contribution in [0.5, 0.6) is 0 Å². The van der Waals surface area contributed by atoms with Crippen molar-refractivity contribution in [3.63, 3.8) is 0 Å². The molecule has 0 unspecified atom stereocenters. The second-order valence-corrected chi connectivity index (χ2v) is 3.83. The first kappa shape index (κ1) is 19.5. The van der Waals surface area contributed by atoms with E-state index >= 15 is 0 Å². The summed E-state index contributed by atoms with van der Waals surface area (Å²) in [7, 11) is -3.80. The average molecular weight is 241 g/mol. The van der Waals surface area contributed by atoms with Gasteiger partial charge in [-0.25, -0.2) is 0 Å². The fraction of sp³-hybridized carbons (Fsp3) is 0.571. The van der Waals surface area contributed by atoms with Gasteiger partial charge in [0, 0.05) is 6.54 Å². The predicted molar refractivity (Wildman–Crippen MR) is 54.0 cm³/mol. The molecule has 0 rings (SSSR count). The normalized spacial score (nSPS) is 8.53. The van der Waals surface area contributed by atoms with Crippen molar-refractivity contribution < 1.29 is 27.4 Å². The fourth-order valence-electron chi connectivity index (χ4n) is 0.149. The highest BCUT2D eigenvalue weighted by Gasteiger charge is 1.98. The molecule has 7 nitrogen and oxygen atoms in total. The van der Waals surface area contributed by atoms with E-state index in [4.69, 9.17) is 19.9 Å². The number of nitrogens with two attached hydrogens (primary N) is 1. The van der Waals surface area contributed by atoms with Crippen molar-refractivity contribution in [2.75, 3.05) is 12.3 Å². The lowest BCUT2D eigenvalue weighted by atomic mass is 10.6. The van der Waals surface area contributed by atoms with Crippen LogP contribution < -0.4 is 5.73 Å². The summed E-state index contributed by atoms with van der Waals surface area (Å²) in [5.41, 5.74) is 4.78. The second-order valence-electron chi connectivity index (χ2n) is 2.26. The average Bonchev–Trinajstić information content (AvgIpc) is 2.01. The van der Waals surface area contributed by atoms with Crippen molar-refractivity contribution in [1.29, 1.82) is 0 Å². The van der Waals surface area contributed by atoms with Crippen LogP contribution in [-0.2, 0) is 24.5 Å². The van der Waals surface area contributed by atoms with Crippen molar-refractivity contribution in [3.05, 3.63) is 0 Å². The molecule has 0 aliphatic carbocycles.